The molecule has 106 valence electrons. The summed E-state index contributed by atoms with van der Waals surface area (Å²) in [5.74, 6) is 6.06. The number of nitrogen functional groups attached to an aromatic ring is 1. The molecule has 1 atom stereocenters. The van der Waals surface area contributed by atoms with Crippen molar-refractivity contribution >= 4 is 17.7 Å². The molecule has 5 N–H and O–H groups in total. The Morgan fingerprint density at radius 2 is 2.05 bits per heavy atom. The Balaban J connectivity index is 2.76. The fourth-order valence-electron chi connectivity index (χ4n) is 1.41. The van der Waals surface area contributed by atoms with Gasteiger partial charge in [-0.15, -0.1) is 0 Å². The van der Waals surface area contributed by atoms with Gasteiger partial charge in [-0.2, -0.15) is 4.98 Å². The van der Waals surface area contributed by atoms with Gasteiger partial charge >= 0.3 is 0 Å². The summed E-state index contributed by atoms with van der Waals surface area (Å²) in [5, 5.41) is 5.95. The van der Waals surface area contributed by atoms with Crippen LogP contribution in [0.1, 0.15) is 33.3 Å². The minimum atomic E-state index is -0.404. The van der Waals surface area contributed by atoms with Gasteiger partial charge in [0.25, 0.3) is 0 Å². The Morgan fingerprint density at radius 1 is 1.42 bits per heavy atom. The number of rotatable bonds is 4. The first-order valence-corrected chi connectivity index (χ1v) is 6.12. The summed E-state index contributed by atoms with van der Waals surface area (Å²) in [6.07, 6.45) is 1.64. The molecular formula is C12H22N6O. The fraction of sp³-hybridized carbons (Fsp3) is 0.583. The zero-order chi connectivity index (χ0) is 14.6. The molecule has 1 aromatic heterocycles. The molecule has 1 amide bonds. The molecule has 0 aliphatic heterocycles. The first kappa shape index (κ1) is 15.2. The summed E-state index contributed by atoms with van der Waals surface area (Å²) in [7, 11) is 0. The van der Waals surface area contributed by atoms with Gasteiger partial charge in [-0.1, -0.05) is 0 Å². The highest BCUT2D eigenvalue weighted by molar-refractivity contribution is 5.84. The minimum Gasteiger partial charge on any atom is -0.358 e. The number of hydrazine groups is 1. The van der Waals surface area contributed by atoms with E-state index in [9.17, 15) is 4.79 Å². The molecule has 7 heteroatoms. The first-order valence-electron chi connectivity index (χ1n) is 6.12. The Hall–Kier alpha value is -1.89. The van der Waals surface area contributed by atoms with E-state index in [4.69, 9.17) is 5.84 Å². The molecule has 1 heterocycles. The average molecular weight is 266 g/mol. The van der Waals surface area contributed by atoms with E-state index < -0.39 is 6.04 Å². The molecular weight excluding hydrogens is 244 g/mol. The van der Waals surface area contributed by atoms with Gasteiger partial charge in [0.2, 0.25) is 11.9 Å². The maximum absolute atomic E-state index is 12.0. The Labute approximate surface area is 113 Å². The highest BCUT2D eigenvalue weighted by Gasteiger charge is 2.20. The fourth-order valence-corrected chi connectivity index (χ4v) is 1.41. The number of nitrogens with one attached hydrogen (secondary N) is 3. The SMILES string of the molecule is Cc1cnc(NN)nc1NC(C)C(=O)NC(C)(C)C. The van der Waals surface area contributed by atoms with Gasteiger partial charge in [0.15, 0.2) is 0 Å². The second kappa shape index (κ2) is 5.83. The molecule has 0 aliphatic carbocycles. The van der Waals surface area contributed by atoms with Crippen molar-refractivity contribution in [1.82, 2.24) is 15.3 Å². The van der Waals surface area contributed by atoms with Gasteiger partial charge < -0.3 is 10.6 Å². The van der Waals surface area contributed by atoms with Crippen molar-refractivity contribution in [2.45, 2.75) is 46.2 Å². The molecule has 0 bridgehead atoms. The molecule has 0 saturated carbocycles. The van der Waals surface area contributed by atoms with Crippen LogP contribution in [0.25, 0.3) is 0 Å². The van der Waals surface area contributed by atoms with Crippen LogP contribution in [-0.2, 0) is 4.79 Å². The quantitative estimate of drug-likeness (QED) is 0.474. The first-order chi connectivity index (χ1) is 8.73. The molecule has 0 saturated heterocycles. The summed E-state index contributed by atoms with van der Waals surface area (Å²) in [6, 6.07) is -0.404. The van der Waals surface area contributed by atoms with E-state index in [2.05, 4.69) is 26.0 Å². The lowest BCUT2D eigenvalue weighted by Gasteiger charge is -2.24. The second-order valence-corrected chi connectivity index (χ2v) is 5.47. The minimum absolute atomic E-state index is 0.0900. The summed E-state index contributed by atoms with van der Waals surface area (Å²) in [4.78, 5) is 20.1. The number of aryl methyl sites for hydroxylation is 1. The molecule has 1 aromatic rings. The Bertz CT molecular complexity index is 454. The summed E-state index contributed by atoms with van der Waals surface area (Å²) < 4.78 is 0. The monoisotopic (exact) mass is 266 g/mol. The standard InChI is InChI=1S/C12H22N6O/c1-7-6-14-11(18-13)16-9(7)15-8(2)10(19)17-12(3,4)5/h6,8H,13H2,1-5H3,(H,17,19)(H2,14,15,16,18). The van der Waals surface area contributed by atoms with E-state index in [1.807, 2.05) is 27.7 Å². The topological polar surface area (TPSA) is 105 Å². The van der Waals surface area contributed by atoms with Gasteiger partial charge in [-0.25, -0.2) is 10.8 Å². The number of hydrogen-bond acceptors (Lipinski definition) is 6. The molecule has 7 nitrogen and oxygen atoms in total. The molecule has 0 aliphatic rings. The lowest BCUT2D eigenvalue weighted by molar-refractivity contribution is -0.122. The molecule has 1 rings (SSSR count). The van der Waals surface area contributed by atoms with Crippen LogP contribution in [0, 0.1) is 6.92 Å². The van der Waals surface area contributed by atoms with E-state index >= 15 is 0 Å². The Morgan fingerprint density at radius 3 is 2.58 bits per heavy atom. The smallest absolute Gasteiger partial charge is 0.242 e. The number of nitrogens with two attached hydrogens (primary N) is 1. The van der Waals surface area contributed by atoms with Crippen LogP contribution < -0.4 is 21.9 Å². The normalized spacial score (nSPS) is 12.7. The molecule has 1 unspecified atom stereocenters. The van der Waals surface area contributed by atoms with Crippen molar-refractivity contribution in [3.8, 4) is 0 Å². The van der Waals surface area contributed by atoms with Crippen molar-refractivity contribution in [2.24, 2.45) is 5.84 Å². The number of anilines is 2. The number of nitrogens with zero attached hydrogens (tertiary/aromatic N) is 2. The van der Waals surface area contributed by atoms with E-state index in [-0.39, 0.29) is 11.4 Å². The molecule has 19 heavy (non-hydrogen) atoms. The van der Waals surface area contributed by atoms with Crippen LogP contribution in [-0.4, -0.2) is 27.5 Å². The van der Waals surface area contributed by atoms with E-state index in [1.54, 1.807) is 13.1 Å². The number of amides is 1. The van der Waals surface area contributed by atoms with Crippen molar-refractivity contribution in [3.63, 3.8) is 0 Å². The lowest BCUT2D eigenvalue weighted by atomic mass is 10.1. The number of aromatic nitrogens is 2. The van der Waals surface area contributed by atoms with Gasteiger partial charge in [-0.05, 0) is 34.6 Å². The van der Waals surface area contributed by atoms with Crippen LogP contribution in [0.4, 0.5) is 11.8 Å². The van der Waals surface area contributed by atoms with E-state index in [1.165, 1.54) is 0 Å². The highest BCUT2D eigenvalue weighted by atomic mass is 16.2. The summed E-state index contributed by atoms with van der Waals surface area (Å²) in [6.45, 7) is 9.44. The third kappa shape index (κ3) is 4.70. The second-order valence-electron chi connectivity index (χ2n) is 5.47. The van der Waals surface area contributed by atoms with Crippen molar-refractivity contribution in [1.29, 1.82) is 0 Å². The predicted octanol–water partition coefficient (Wildman–Crippen LogP) is 0.786. The van der Waals surface area contributed by atoms with Crippen LogP contribution in [0.2, 0.25) is 0 Å². The average Bonchev–Trinajstić information content (AvgIpc) is 2.29. The summed E-state index contributed by atoms with van der Waals surface area (Å²) >= 11 is 0. The van der Waals surface area contributed by atoms with Gasteiger partial charge in [0.05, 0.1) is 0 Å². The van der Waals surface area contributed by atoms with Crippen molar-refractivity contribution in [3.05, 3.63) is 11.8 Å². The van der Waals surface area contributed by atoms with Crippen LogP contribution >= 0.6 is 0 Å². The zero-order valence-electron chi connectivity index (χ0n) is 12.0. The largest absolute Gasteiger partial charge is 0.358 e. The number of carbonyl (C=O) groups is 1. The van der Waals surface area contributed by atoms with E-state index in [0.717, 1.165) is 5.56 Å². The van der Waals surface area contributed by atoms with Crippen molar-refractivity contribution < 1.29 is 4.79 Å². The third-order valence-corrected chi connectivity index (χ3v) is 2.35. The molecule has 0 radical (unpaired) electrons. The molecule has 0 aromatic carbocycles. The Kier molecular flexibility index (Phi) is 4.66. The van der Waals surface area contributed by atoms with Crippen LogP contribution in [0.3, 0.4) is 0 Å². The maximum atomic E-state index is 12.0. The van der Waals surface area contributed by atoms with E-state index in [0.29, 0.717) is 11.8 Å². The maximum Gasteiger partial charge on any atom is 0.242 e. The number of carbonyl (C=O) groups excluding carboxylic acids is 1. The number of hydrogen-bond donors (Lipinski definition) is 4. The van der Waals surface area contributed by atoms with Gasteiger partial charge in [0.1, 0.15) is 11.9 Å². The van der Waals surface area contributed by atoms with Crippen molar-refractivity contribution in [2.75, 3.05) is 10.7 Å². The lowest BCUT2D eigenvalue weighted by Crippen LogP contribution is -2.47. The third-order valence-electron chi connectivity index (χ3n) is 2.35. The van der Waals surface area contributed by atoms with Gasteiger partial charge in [0, 0.05) is 17.3 Å². The van der Waals surface area contributed by atoms with Crippen LogP contribution in [0.15, 0.2) is 6.20 Å². The highest BCUT2D eigenvalue weighted by Crippen LogP contribution is 2.13. The molecule has 0 fully saturated rings. The zero-order valence-corrected chi connectivity index (χ0v) is 12.0. The van der Waals surface area contributed by atoms with Crippen LogP contribution in [0.5, 0.6) is 0 Å². The molecule has 0 spiro atoms. The predicted molar refractivity (Wildman–Crippen MR) is 75.6 cm³/mol. The van der Waals surface area contributed by atoms with Gasteiger partial charge in [-0.3, -0.25) is 10.2 Å². The summed E-state index contributed by atoms with van der Waals surface area (Å²) in [5.41, 5.74) is 2.95.